The van der Waals surface area contributed by atoms with Crippen molar-refractivity contribution in [3.05, 3.63) is 42.1 Å². The van der Waals surface area contributed by atoms with E-state index >= 15 is 0 Å². The number of ether oxygens (including phenoxy) is 2. The van der Waals surface area contributed by atoms with Crippen molar-refractivity contribution < 1.29 is 9.47 Å². The first-order valence-corrected chi connectivity index (χ1v) is 9.27. The van der Waals surface area contributed by atoms with Gasteiger partial charge in [0.05, 0.1) is 25.3 Å². The van der Waals surface area contributed by atoms with Gasteiger partial charge in [-0.2, -0.15) is 0 Å². The van der Waals surface area contributed by atoms with Crippen molar-refractivity contribution in [2.45, 2.75) is 26.3 Å². The van der Waals surface area contributed by atoms with Crippen LogP contribution < -0.4 is 10.6 Å². The zero-order chi connectivity index (χ0) is 18.5. The molecule has 0 radical (unpaired) electrons. The van der Waals surface area contributed by atoms with E-state index in [1.165, 1.54) is 0 Å². The van der Waals surface area contributed by atoms with Gasteiger partial charge in [-0.15, -0.1) is 24.0 Å². The summed E-state index contributed by atoms with van der Waals surface area (Å²) in [6.07, 6.45) is 4.09. The average Bonchev–Trinajstić information content (AvgIpc) is 2.69. The highest BCUT2D eigenvalue weighted by Gasteiger charge is 2.03. The molecule has 0 spiro atoms. The van der Waals surface area contributed by atoms with Crippen molar-refractivity contribution in [1.82, 2.24) is 15.6 Å². The molecule has 0 aliphatic heterocycles. The highest BCUT2D eigenvalue weighted by molar-refractivity contribution is 14.0. The summed E-state index contributed by atoms with van der Waals surface area (Å²) in [5, 5.41) is 7.72. The number of rotatable bonds is 11. The number of hydrogen-bond donors (Lipinski definition) is 2. The first kappa shape index (κ1) is 23.6. The Morgan fingerprint density at radius 1 is 1.04 bits per heavy atom. The molecule has 7 heteroatoms. The van der Waals surface area contributed by atoms with Gasteiger partial charge in [-0.1, -0.05) is 37.6 Å². The van der Waals surface area contributed by atoms with Crippen LogP contribution in [0, 0.1) is 0 Å². The van der Waals surface area contributed by atoms with Crippen molar-refractivity contribution in [1.29, 1.82) is 0 Å². The molecule has 27 heavy (non-hydrogen) atoms. The summed E-state index contributed by atoms with van der Waals surface area (Å²) >= 11 is 0. The third kappa shape index (κ3) is 8.85. The lowest BCUT2D eigenvalue weighted by molar-refractivity contribution is 0.0487. The topological polar surface area (TPSA) is 67.8 Å². The minimum absolute atomic E-state index is 0. The number of halogens is 1. The largest absolute Gasteiger partial charge is 0.379 e. The predicted octanol–water partition coefficient (Wildman–Crippen LogP) is 3.35. The van der Waals surface area contributed by atoms with Crippen LogP contribution in [0.4, 0.5) is 0 Å². The molecular formula is C20H31IN4O2. The summed E-state index contributed by atoms with van der Waals surface area (Å²) in [5.41, 5.74) is 2.16. The van der Waals surface area contributed by atoms with Gasteiger partial charge in [0.2, 0.25) is 0 Å². The Morgan fingerprint density at radius 2 is 1.81 bits per heavy atom. The van der Waals surface area contributed by atoms with Gasteiger partial charge in [-0.25, -0.2) is 0 Å². The number of para-hydroxylation sites is 1. The fourth-order valence-electron chi connectivity index (χ4n) is 2.52. The third-order valence-corrected chi connectivity index (χ3v) is 3.94. The summed E-state index contributed by atoms with van der Waals surface area (Å²) in [6.45, 7) is 6.23. The Bertz CT molecular complexity index is 677. The maximum atomic E-state index is 5.55. The van der Waals surface area contributed by atoms with Crippen LogP contribution in [-0.2, 0) is 16.0 Å². The molecular weight excluding hydrogens is 455 g/mol. The fraction of sp³-hybridized carbons (Fsp3) is 0.500. The quantitative estimate of drug-likeness (QED) is 0.221. The molecule has 1 aromatic heterocycles. The standard InChI is InChI=1S/C20H30N4O2.HI/c1-3-4-12-25-14-15-26-13-11-23-20(21-2)24-16-18-8-5-7-17-9-6-10-22-19(17)18;/h5-10H,3-4,11-16H2,1-2H3,(H2,21,23,24);1H. The Morgan fingerprint density at radius 3 is 2.59 bits per heavy atom. The van der Waals surface area contributed by atoms with Gasteiger partial charge in [-0.05, 0) is 18.1 Å². The lowest BCUT2D eigenvalue weighted by atomic mass is 10.1. The van der Waals surface area contributed by atoms with Crippen LogP contribution in [0.3, 0.4) is 0 Å². The van der Waals surface area contributed by atoms with Gasteiger partial charge in [0, 0.05) is 38.3 Å². The van der Waals surface area contributed by atoms with Crippen molar-refractivity contribution in [2.24, 2.45) is 4.99 Å². The van der Waals surface area contributed by atoms with Crippen LogP contribution in [0.25, 0.3) is 10.9 Å². The van der Waals surface area contributed by atoms with E-state index in [4.69, 9.17) is 9.47 Å². The van der Waals surface area contributed by atoms with E-state index in [1.54, 1.807) is 7.05 Å². The normalized spacial score (nSPS) is 11.3. The van der Waals surface area contributed by atoms with E-state index in [0.717, 1.165) is 41.9 Å². The Hall–Kier alpha value is -1.45. The van der Waals surface area contributed by atoms with E-state index in [1.807, 2.05) is 18.3 Å². The van der Waals surface area contributed by atoms with Crippen molar-refractivity contribution in [2.75, 3.05) is 40.0 Å². The van der Waals surface area contributed by atoms with Gasteiger partial charge in [0.25, 0.3) is 0 Å². The molecule has 1 aromatic carbocycles. The third-order valence-electron chi connectivity index (χ3n) is 3.94. The van der Waals surface area contributed by atoms with Gasteiger partial charge < -0.3 is 20.1 Å². The Balaban J connectivity index is 0.00000364. The van der Waals surface area contributed by atoms with Crippen molar-refractivity contribution >= 4 is 40.8 Å². The van der Waals surface area contributed by atoms with Gasteiger partial charge >= 0.3 is 0 Å². The molecule has 0 atom stereocenters. The van der Waals surface area contributed by atoms with E-state index in [9.17, 15) is 0 Å². The number of hydrogen-bond acceptors (Lipinski definition) is 4. The van der Waals surface area contributed by atoms with E-state index in [2.05, 4.69) is 45.7 Å². The molecule has 0 amide bonds. The molecule has 0 fully saturated rings. The van der Waals surface area contributed by atoms with E-state index < -0.39 is 0 Å². The molecule has 2 aromatic rings. The Kier molecular flexibility index (Phi) is 12.7. The average molecular weight is 486 g/mol. The SMILES string of the molecule is CCCCOCCOCCNC(=NC)NCc1cccc2cccnc12.I. The maximum Gasteiger partial charge on any atom is 0.191 e. The number of nitrogens with one attached hydrogen (secondary N) is 2. The molecule has 1 heterocycles. The van der Waals surface area contributed by atoms with Crippen LogP contribution in [0.2, 0.25) is 0 Å². The van der Waals surface area contributed by atoms with Crippen molar-refractivity contribution in [3.8, 4) is 0 Å². The predicted molar refractivity (Wildman–Crippen MR) is 122 cm³/mol. The fourth-order valence-corrected chi connectivity index (χ4v) is 2.52. The van der Waals surface area contributed by atoms with Gasteiger partial charge in [-0.3, -0.25) is 9.98 Å². The monoisotopic (exact) mass is 486 g/mol. The lowest BCUT2D eigenvalue weighted by Crippen LogP contribution is -2.38. The second-order valence-corrected chi connectivity index (χ2v) is 5.92. The highest BCUT2D eigenvalue weighted by Crippen LogP contribution is 2.15. The molecule has 2 rings (SSSR count). The number of unbranched alkanes of at least 4 members (excludes halogenated alkanes) is 1. The summed E-state index contributed by atoms with van der Waals surface area (Å²) in [5.74, 6) is 0.751. The minimum atomic E-state index is 0. The molecule has 0 saturated heterocycles. The molecule has 0 saturated carbocycles. The van der Waals surface area contributed by atoms with Crippen molar-refractivity contribution in [3.63, 3.8) is 0 Å². The van der Waals surface area contributed by atoms with Gasteiger partial charge in [0.15, 0.2) is 5.96 Å². The molecule has 0 bridgehead atoms. The van der Waals surface area contributed by atoms with Gasteiger partial charge in [0.1, 0.15) is 0 Å². The van der Waals surface area contributed by atoms with Crippen LogP contribution in [-0.4, -0.2) is 51.0 Å². The summed E-state index contributed by atoms with van der Waals surface area (Å²) in [7, 11) is 1.76. The maximum absolute atomic E-state index is 5.55. The molecule has 2 N–H and O–H groups in total. The number of aliphatic imine (C=N–C) groups is 1. The van der Waals surface area contributed by atoms with Crippen LogP contribution in [0.5, 0.6) is 0 Å². The van der Waals surface area contributed by atoms with E-state index in [-0.39, 0.29) is 24.0 Å². The second-order valence-electron chi connectivity index (χ2n) is 5.92. The smallest absolute Gasteiger partial charge is 0.191 e. The molecule has 0 aliphatic rings. The number of benzene rings is 1. The Labute approximate surface area is 179 Å². The summed E-state index contributed by atoms with van der Waals surface area (Å²) in [6, 6.07) is 10.2. The van der Waals surface area contributed by atoms with E-state index in [0.29, 0.717) is 32.9 Å². The van der Waals surface area contributed by atoms with Crippen LogP contribution in [0.1, 0.15) is 25.3 Å². The molecule has 0 aliphatic carbocycles. The number of guanidine groups is 1. The zero-order valence-electron chi connectivity index (χ0n) is 16.2. The molecule has 6 nitrogen and oxygen atoms in total. The first-order valence-electron chi connectivity index (χ1n) is 9.27. The highest BCUT2D eigenvalue weighted by atomic mass is 127. The number of nitrogens with zero attached hydrogens (tertiary/aromatic N) is 2. The second kappa shape index (κ2) is 14.6. The minimum Gasteiger partial charge on any atom is -0.379 e. The number of fused-ring (bicyclic) bond motifs is 1. The first-order chi connectivity index (χ1) is 12.8. The van der Waals surface area contributed by atoms with Crippen LogP contribution in [0.15, 0.2) is 41.5 Å². The summed E-state index contributed by atoms with van der Waals surface area (Å²) < 4.78 is 11.0. The summed E-state index contributed by atoms with van der Waals surface area (Å²) in [4.78, 5) is 8.72. The lowest BCUT2D eigenvalue weighted by Gasteiger charge is -2.13. The zero-order valence-corrected chi connectivity index (χ0v) is 18.6. The van der Waals surface area contributed by atoms with Crippen LogP contribution >= 0.6 is 24.0 Å². The molecule has 0 unspecified atom stereocenters. The number of aromatic nitrogens is 1. The molecule has 150 valence electrons. The number of pyridine rings is 1.